The van der Waals surface area contributed by atoms with Crippen LogP contribution < -0.4 is 0 Å². The molecule has 5 heteroatoms. The van der Waals surface area contributed by atoms with Crippen molar-refractivity contribution in [1.29, 1.82) is 0 Å². The number of nitrogens with zero attached hydrogens (tertiary/aromatic N) is 2. The molecule has 0 unspecified atom stereocenters. The molecule has 0 aromatic carbocycles. The van der Waals surface area contributed by atoms with Crippen LogP contribution in [0.5, 0.6) is 0 Å². The third kappa shape index (κ3) is 5.84. The fourth-order valence-electron chi connectivity index (χ4n) is 1.97. The van der Waals surface area contributed by atoms with Crippen molar-refractivity contribution in [2.24, 2.45) is 11.8 Å². The van der Waals surface area contributed by atoms with Crippen molar-refractivity contribution < 1.29 is 14.7 Å². The molecule has 22 heavy (non-hydrogen) atoms. The molecule has 0 spiro atoms. The van der Waals surface area contributed by atoms with Crippen LogP contribution in [0.15, 0.2) is 18.3 Å². The van der Waals surface area contributed by atoms with E-state index in [0.717, 1.165) is 12.8 Å². The first-order chi connectivity index (χ1) is 10.3. The molecule has 0 atom stereocenters. The molecule has 1 rings (SSSR count). The normalized spacial score (nSPS) is 11.0. The second kappa shape index (κ2) is 8.51. The number of pyridine rings is 1. The molecule has 1 aromatic rings. The Balaban J connectivity index is 2.82. The summed E-state index contributed by atoms with van der Waals surface area (Å²) in [6, 6.07) is 2.91. The van der Waals surface area contributed by atoms with Gasteiger partial charge < -0.3 is 10.0 Å². The fourth-order valence-corrected chi connectivity index (χ4v) is 1.97. The van der Waals surface area contributed by atoms with Crippen molar-refractivity contribution in [2.45, 2.75) is 40.5 Å². The van der Waals surface area contributed by atoms with Gasteiger partial charge in [-0.3, -0.25) is 4.79 Å². The molecule has 1 amide bonds. The lowest BCUT2D eigenvalue weighted by molar-refractivity contribution is 0.0686. The quantitative estimate of drug-likeness (QED) is 0.800. The van der Waals surface area contributed by atoms with Crippen molar-refractivity contribution in [3.8, 4) is 0 Å². The zero-order valence-electron chi connectivity index (χ0n) is 13.9. The number of hydrogen-bond donors (Lipinski definition) is 1. The molecule has 0 saturated carbocycles. The summed E-state index contributed by atoms with van der Waals surface area (Å²) in [7, 11) is 0. The minimum atomic E-state index is -1.09. The average molecular weight is 306 g/mol. The van der Waals surface area contributed by atoms with Crippen LogP contribution in [0.3, 0.4) is 0 Å². The Bertz CT molecular complexity index is 483. The third-order valence-electron chi connectivity index (χ3n) is 3.47. The van der Waals surface area contributed by atoms with Gasteiger partial charge in [0.05, 0.1) is 5.56 Å². The van der Waals surface area contributed by atoms with Crippen LogP contribution >= 0.6 is 0 Å². The lowest BCUT2D eigenvalue weighted by Gasteiger charge is -2.24. The highest BCUT2D eigenvalue weighted by molar-refractivity contribution is 5.94. The van der Waals surface area contributed by atoms with Crippen molar-refractivity contribution in [2.75, 3.05) is 13.1 Å². The Morgan fingerprint density at radius 2 is 1.64 bits per heavy atom. The molecule has 5 nitrogen and oxygen atoms in total. The van der Waals surface area contributed by atoms with Crippen LogP contribution in [0, 0.1) is 11.8 Å². The van der Waals surface area contributed by atoms with Gasteiger partial charge in [-0.1, -0.05) is 27.7 Å². The minimum Gasteiger partial charge on any atom is -0.477 e. The van der Waals surface area contributed by atoms with E-state index in [9.17, 15) is 9.59 Å². The molecule has 0 aliphatic heterocycles. The molecule has 1 heterocycles. The van der Waals surface area contributed by atoms with E-state index >= 15 is 0 Å². The predicted molar refractivity (Wildman–Crippen MR) is 86.0 cm³/mol. The van der Waals surface area contributed by atoms with Crippen LogP contribution in [0.4, 0.5) is 0 Å². The maximum Gasteiger partial charge on any atom is 0.354 e. The van der Waals surface area contributed by atoms with E-state index in [1.54, 1.807) is 0 Å². The molecule has 1 aromatic heterocycles. The van der Waals surface area contributed by atoms with E-state index in [1.807, 2.05) is 4.90 Å². The largest absolute Gasteiger partial charge is 0.477 e. The van der Waals surface area contributed by atoms with Crippen molar-refractivity contribution in [1.82, 2.24) is 9.88 Å². The summed E-state index contributed by atoms with van der Waals surface area (Å²) in [6.45, 7) is 9.96. The maximum atomic E-state index is 12.6. The van der Waals surface area contributed by atoms with Gasteiger partial charge in [0.15, 0.2) is 0 Å². The third-order valence-corrected chi connectivity index (χ3v) is 3.47. The van der Waals surface area contributed by atoms with Crippen molar-refractivity contribution in [3.63, 3.8) is 0 Å². The number of carboxylic acids is 1. The first kappa shape index (κ1) is 18.1. The fraction of sp³-hybridized carbons (Fsp3) is 0.588. The summed E-state index contributed by atoms with van der Waals surface area (Å²) < 4.78 is 0. The molecule has 0 saturated heterocycles. The van der Waals surface area contributed by atoms with Crippen molar-refractivity contribution >= 4 is 11.9 Å². The molecule has 0 fully saturated rings. The number of hydrogen-bond acceptors (Lipinski definition) is 3. The van der Waals surface area contributed by atoms with Crippen LogP contribution in [0.2, 0.25) is 0 Å². The zero-order valence-corrected chi connectivity index (χ0v) is 13.9. The Hall–Kier alpha value is -1.91. The highest BCUT2D eigenvalue weighted by atomic mass is 16.4. The van der Waals surface area contributed by atoms with E-state index in [2.05, 4.69) is 32.7 Å². The topological polar surface area (TPSA) is 70.5 Å². The number of amides is 1. The van der Waals surface area contributed by atoms with Gasteiger partial charge in [-0.05, 0) is 36.8 Å². The molecule has 0 radical (unpaired) electrons. The second-order valence-corrected chi connectivity index (χ2v) is 6.39. The summed E-state index contributed by atoms with van der Waals surface area (Å²) >= 11 is 0. The van der Waals surface area contributed by atoms with Gasteiger partial charge in [-0.25, -0.2) is 9.78 Å². The summed E-state index contributed by atoms with van der Waals surface area (Å²) in [5.74, 6) is -0.107. The molecule has 0 bridgehead atoms. The number of carbonyl (C=O) groups excluding carboxylic acids is 1. The van der Waals surface area contributed by atoms with Gasteiger partial charge in [0.25, 0.3) is 5.91 Å². The van der Waals surface area contributed by atoms with E-state index in [0.29, 0.717) is 30.5 Å². The summed E-state index contributed by atoms with van der Waals surface area (Å²) in [5, 5.41) is 8.86. The Morgan fingerprint density at radius 3 is 2.00 bits per heavy atom. The smallest absolute Gasteiger partial charge is 0.354 e. The first-order valence-corrected chi connectivity index (χ1v) is 7.79. The van der Waals surface area contributed by atoms with E-state index < -0.39 is 5.97 Å². The molecular formula is C17H26N2O3. The van der Waals surface area contributed by atoms with E-state index in [1.165, 1.54) is 18.3 Å². The number of aromatic nitrogens is 1. The van der Waals surface area contributed by atoms with Gasteiger partial charge in [-0.15, -0.1) is 0 Å². The molecular weight excluding hydrogens is 280 g/mol. The summed E-state index contributed by atoms with van der Waals surface area (Å²) in [6.07, 6.45) is 3.25. The number of rotatable bonds is 8. The summed E-state index contributed by atoms with van der Waals surface area (Å²) in [4.78, 5) is 29.1. The lowest BCUT2D eigenvalue weighted by atomic mass is 10.1. The highest BCUT2D eigenvalue weighted by Crippen LogP contribution is 2.11. The minimum absolute atomic E-state index is 0.0486. The summed E-state index contributed by atoms with van der Waals surface area (Å²) in [5.41, 5.74) is 0.393. The maximum absolute atomic E-state index is 12.6. The number of aromatic carboxylic acids is 1. The Kier molecular flexibility index (Phi) is 7.02. The lowest BCUT2D eigenvalue weighted by Crippen LogP contribution is -2.34. The van der Waals surface area contributed by atoms with Crippen LogP contribution in [-0.4, -0.2) is 40.0 Å². The Morgan fingerprint density at radius 1 is 1.09 bits per heavy atom. The van der Waals surface area contributed by atoms with Gasteiger partial charge in [-0.2, -0.15) is 0 Å². The average Bonchev–Trinajstić information content (AvgIpc) is 2.46. The SMILES string of the molecule is CC(C)CCN(CCC(C)C)C(=O)c1ccc(C(=O)O)nc1. The number of carboxylic acid groups (broad SMARTS) is 1. The standard InChI is InChI=1S/C17H26N2O3/c1-12(2)7-9-19(10-8-13(3)4)16(20)14-5-6-15(17(21)22)18-11-14/h5-6,11-13H,7-10H2,1-4H3,(H,21,22). The molecule has 0 aliphatic carbocycles. The first-order valence-electron chi connectivity index (χ1n) is 7.79. The highest BCUT2D eigenvalue weighted by Gasteiger charge is 2.17. The zero-order chi connectivity index (χ0) is 16.7. The molecule has 1 N–H and O–H groups in total. The monoisotopic (exact) mass is 306 g/mol. The molecule has 0 aliphatic rings. The van der Waals surface area contributed by atoms with Crippen molar-refractivity contribution in [3.05, 3.63) is 29.6 Å². The van der Waals surface area contributed by atoms with Crippen LogP contribution in [0.25, 0.3) is 0 Å². The van der Waals surface area contributed by atoms with Gasteiger partial charge in [0, 0.05) is 19.3 Å². The van der Waals surface area contributed by atoms with Gasteiger partial charge >= 0.3 is 5.97 Å². The van der Waals surface area contributed by atoms with E-state index in [-0.39, 0.29) is 11.6 Å². The van der Waals surface area contributed by atoms with Gasteiger partial charge in [0.2, 0.25) is 0 Å². The second-order valence-electron chi connectivity index (χ2n) is 6.39. The van der Waals surface area contributed by atoms with Crippen LogP contribution in [-0.2, 0) is 0 Å². The Labute approximate surface area is 132 Å². The van der Waals surface area contributed by atoms with E-state index in [4.69, 9.17) is 5.11 Å². The molecule has 122 valence electrons. The van der Waals surface area contributed by atoms with Crippen LogP contribution in [0.1, 0.15) is 61.4 Å². The predicted octanol–water partition coefficient (Wildman–Crippen LogP) is 3.31. The number of carbonyl (C=O) groups is 2. The van der Waals surface area contributed by atoms with Gasteiger partial charge in [0.1, 0.15) is 5.69 Å².